The Labute approximate surface area is 139 Å². The van der Waals surface area contributed by atoms with Gasteiger partial charge in [0.15, 0.2) is 5.75 Å². The average molecular weight is 331 g/mol. The Morgan fingerprint density at radius 3 is 2.70 bits per heavy atom. The van der Waals surface area contributed by atoms with Crippen molar-refractivity contribution in [2.24, 2.45) is 0 Å². The SMILES string of the molecule is CC(C)c1c(O)c(O)n(CCCn2ccnc2)c1-c1cccs1. The topological polar surface area (TPSA) is 63.2 Å². The molecule has 3 rings (SSSR count). The predicted octanol–water partition coefficient (Wildman–Crippen LogP) is 4.04. The Morgan fingerprint density at radius 1 is 1.26 bits per heavy atom. The summed E-state index contributed by atoms with van der Waals surface area (Å²) in [4.78, 5) is 5.10. The molecule has 2 N–H and O–H groups in total. The Bertz CT molecular complexity index is 758. The fraction of sp³-hybridized carbons (Fsp3) is 0.353. The van der Waals surface area contributed by atoms with Crippen LogP contribution in [0.2, 0.25) is 0 Å². The second-order valence-corrected chi connectivity index (χ2v) is 6.82. The van der Waals surface area contributed by atoms with E-state index in [1.165, 1.54) is 0 Å². The molecule has 0 atom stereocenters. The molecule has 0 aliphatic carbocycles. The van der Waals surface area contributed by atoms with E-state index in [1.807, 2.05) is 46.7 Å². The van der Waals surface area contributed by atoms with Crippen LogP contribution in [0.3, 0.4) is 0 Å². The van der Waals surface area contributed by atoms with Crippen LogP contribution in [0.1, 0.15) is 31.7 Å². The van der Waals surface area contributed by atoms with Crippen LogP contribution in [0.15, 0.2) is 36.2 Å². The molecule has 0 aliphatic heterocycles. The molecule has 23 heavy (non-hydrogen) atoms. The Kier molecular flexibility index (Phi) is 4.43. The lowest BCUT2D eigenvalue weighted by molar-refractivity contribution is 0.366. The van der Waals surface area contributed by atoms with Gasteiger partial charge in [-0.15, -0.1) is 11.3 Å². The van der Waals surface area contributed by atoms with Gasteiger partial charge in [-0.1, -0.05) is 19.9 Å². The normalized spacial score (nSPS) is 11.4. The summed E-state index contributed by atoms with van der Waals surface area (Å²) in [5.74, 6) is 0.0988. The van der Waals surface area contributed by atoms with Crippen LogP contribution in [-0.4, -0.2) is 24.3 Å². The van der Waals surface area contributed by atoms with E-state index < -0.39 is 0 Å². The van der Waals surface area contributed by atoms with Crippen LogP contribution in [0.5, 0.6) is 11.6 Å². The van der Waals surface area contributed by atoms with E-state index in [4.69, 9.17) is 0 Å². The molecule has 6 heteroatoms. The zero-order valence-electron chi connectivity index (χ0n) is 13.3. The van der Waals surface area contributed by atoms with E-state index >= 15 is 0 Å². The average Bonchev–Trinajstić information content (AvgIpc) is 3.23. The smallest absolute Gasteiger partial charge is 0.235 e. The molecule has 0 saturated heterocycles. The largest absolute Gasteiger partial charge is 0.503 e. The molecule has 122 valence electrons. The van der Waals surface area contributed by atoms with Gasteiger partial charge in [0.2, 0.25) is 5.88 Å². The van der Waals surface area contributed by atoms with E-state index in [-0.39, 0.29) is 17.5 Å². The van der Waals surface area contributed by atoms with E-state index in [0.29, 0.717) is 6.54 Å². The molecule has 0 aliphatic rings. The lowest BCUT2D eigenvalue weighted by Gasteiger charge is -2.12. The van der Waals surface area contributed by atoms with Crippen molar-refractivity contribution in [2.45, 2.75) is 39.3 Å². The fourth-order valence-electron chi connectivity index (χ4n) is 2.89. The van der Waals surface area contributed by atoms with Crippen LogP contribution in [0, 0.1) is 0 Å². The summed E-state index contributed by atoms with van der Waals surface area (Å²) < 4.78 is 3.84. The molecule has 3 aromatic rings. The number of aryl methyl sites for hydroxylation is 1. The Morgan fingerprint density at radius 2 is 2.09 bits per heavy atom. The molecule has 0 aromatic carbocycles. The van der Waals surface area contributed by atoms with Gasteiger partial charge in [0.25, 0.3) is 0 Å². The second kappa shape index (κ2) is 6.50. The van der Waals surface area contributed by atoms with Crippen LogP contribution >= 0.6 is 11.3 Å². The van der Waals surface area contributed by atoms with E-state index in [9.17, 15) is 10.2 Å². The molecule has 0 saturated carbocycles. The lowest BCUT2D eigenvalue weighted by atomic mass is 10.0. The molecule has 0 amide bonds. The van der Waals surface area contributed by atoms with Gasteiger partial charge in [0, 0.05) is 31.0 Å². The highest BCUT2D eigenvalue weighted by atomic mass is 32.1. The molecule has 5 nitrogen and oxygen atoms in total. The van der Waals surface area contributed by atoms with Gasteiger partial charge in [-0.3, -0.25) is 0 Å². The van der Waals surface area contributed by atoms with Gasteiger partial charge in [0.1, 0.15) is 0 Å². The van der Waals surface area contributed by atoms with Crippen LogP contribution in [0.4, 0.5) is 0 Å². The molecule has 3 aromatic heterocycles. The zero-order chi connectivity index (χ0) is 16.4. The first-order valence-electron chi connectivity index (χ1n) is 7.73. The number of aromatic hydroxyl groups is 2. The minimum atomic E-state index is -0.0391. The van der Waals surface area contributed by atoms with Crippen molar-refractivity contribution >= 4 is 11.3 Å². The minimum absolute atomic E-state index is 0.00558. The first-order chi connectivity index (χ1) is 11.1. The van der Waals surface area contributed by atoms with Gasteiger partial charge < -0.3 is 19.3 Å². The summed E-state index contributed by atoms with van der Waals surface area (Å²) in [6.45, 7) is 5.51. The van der Waals surface area contributed by atoms with E-state index in [0.717, 1.165) is 29.1 Å². The molecular formula is C17H21N3O2S. The van der Waals surface area contributed by atoms with Crippen molar-refractivity contribution in [3.63, 3.8) is 0 Å². The monoisotopic (exact) mass is 331 g/mol. The number of hydrogen-bond acceptors (Lipinski definition) is 4. The van der Waals surface area contributed by atoms with Gasteiger partial charge in [-0.05, 0) is 23.8 Å². The minimum Gasteiger partial charge on any atom is -0.503 e. The first kappa shape index (κ1) is 15.7. The summed E-state index contributed by atoms with van der Waals surface area (Å²) in [5, 5.41) is 22.8. The van der Waals surface area contributed by atoms with Crippen molar-refractivity contribution in [1.29, 1.82) is 0 Å². The lowest BCUT2D eigenvalue weighted by Crippen LogP contribution is -2.04. The van der Waals surface area contributed by atoms with Gasteiger partial charge in [-0.2, -0.15) is 0 Å². The molecule has 0 unspecified atom stereocenters. The third-order valence-corrected chi connectivity index (χ3v) is 4.81. The van der Waals surface area contributed by atoms with Crippen molar-refractivity contribution in [1.82, 2.24) is 14.1 Å². The Balaban J connectivity index is 1.93. The summed E-state index contributed by atoms with van der Waals surface area (Å²) >= 11 is 1.62. The number of thiophene rings is 1. The van der Waals surface area contributed by atoms with Crippen LogP contribution in [-0.2, 0) is 13.1 Å². The third kappa shape index (κ3) is 2.99. The summed E-state index contributed by atoms with van der Waals surface area (Å²) in [6.07, 6.45) is 6.31. The number of rotatable bonds is 6. The van der Waals surface area contributed by atoms with Crippen molar-refractivity contribution in [3.05, 3.63) is 41.8 Å². The zero-order valence-corrected chi connectivity index (χ0v) is 14.1. The maximum Gasteiger partial charge on any atom is 0.235 e. The van der Waals surface area contributed by atoms with Crippen molar-refractivity contribution < 1.29 is 10.2 Å². The molecule has 0 fully saturated rings. The Hall–Kier alpha value is -2.21. The number of nitrogens with zero attached hydrogens (tertiary/aromatic N) is 3. The molecular weight excluding hydrogens is 310 g/mol. The quantitative estimate of drug-likeness (QED) is 0.716. The van der Waals surface area contributed by atoms with Gasteiger partial charge in [0.05, 0.1) is 16.9 Å². The second-order valence-electron chi connectivity index (χ2n) is 5.87. The number of hydrogen-bond donors (Lipinski definition) is 2. The van der Waals surface area contributed by atoms with Crippen molar-refractivity contribution in [3.8, 4) is 22.2 Å². The first-order valence-corrected chi connectivity index (χ1v) is 8.61. The summed E-state index contributed by atoms with van der Waals surface area (Å²) in [6, 6.07) is 4.01. The van der Waals surface area contributed by atoms with Gasteiger partial charge in [-0.25, -0.2) is 4.98 Å². The molecule has 0 bridgehead atoms. The molecule has 3 heterocycles. The van der Waals surface area contributed by atoms with E-state index in [1.54, 1.807) is 23.9 Å². The van der Waals surface area contributed by atoms with Gasteiger partial charge >= 0.3 is 0 Å². The molecule has 0 spiro atoms. The highest BCUT2D eigenvalue weighted by Crippen LogP contribution is 2.45. The third-order valence-electron chi connectivity index (χ3n) is 3.94. The maximum absolute atomic E-state index is 10.4. The number of imidazole rings is 1. The van der Waals surface area contributed by atoms with Crippen molar-refractivity contribution in [2.75, 3.05) is 0 Å². The highest BCUT2D eigenvalue weighted by Gasteiger charge is 2.25. The van der Waals surface area contributed by atoms with Crippen LogP contribution < -0.4 is 0 Å². The molecule has 0 radical (unpaired) electrons. The summed E-state index contributed by atoms with van der Waals surface area (Å²) in [7, 11) is 0. The van der Waals surface area contributed by atoms with E-state index in [2.05, 4.69) is 4.98 Å². The highest BCUT2D eigenvalue weighted by molar-refractivity contribution is 7.13. The maximum atomic E-state index is 10.4. The predicted molar refractivity (Wildman–Crippen MR) is 92.0 cm³/mol. The summed E-state index contributed by atoms with van der Waals surface area (Å²) in [5.41, 5.74) is 1.74. The standard InChI is InChI=1S/C17H21N3O2S/c1-12(2)14-15(13-5-3-10-23-13)20(17(22)16(14)21)8-4-7-19-9-6-18-11-19/h3,5-6,9-12,21-22H,4,7-8H2,1-2H3. The fourth-order valence-corrected chi connectivity index (χ4v) is 3.68. The number of aromatic nitrogens is 3. The van der Waals surface area contributed by atoms with Crippen LogP contribution in [0.25, 0.3) is 10.6 Å².